The Morgan fingerprint density at radius 1 is 1.30 bits per heavy atom. The van der Waals surface area contributed by atoms with Crippen molar-refractivity contribution in [1.29, 1.82) is 0 Å². The van der Waals surface area contributed by atoms with Crippen LogP contribution < -0.4 is 14.4 Å². The smallest absolute Gasteiger partial charge is 0.240 e. The summed E-state index contributed by atoms with van der Waals surface area (Å²) in [5, 5.41) is 2.76. The number of carbonyl (C=O) groups is 1. The summed E-state index contributed by atoms with van der Waals surface area (Å²) in [6.07, 6.45) is 3.51. The van der Waals surface area contributed by atoms with Crippen molar-refractivity contribution < 1.29 is 22.4 Å². The average Bonchev–Trinajstić information content (AvgIpc) is 3.15. The maximum atomic E-state index is 12.2. The van der Waals surface area contributed by atoms with Crippen molar-refractivity contribution in [2.24, 2.45) is 0 Å². The van der Waals surface area contributed by atoms with Gasteiger partial charge in [0, 0.05) is 12.6 Å². The molecule has 148 valence electrons. The highest BCUT2D eigenvalue weighted by atomic mass is 32.2. The molecule has 1 heterocycles. The number of carbonyl (C=O) groups excluding carboxylic acids is 1. The van der Waals surface area contributed by atoms with Crippen LogP contribution in [0.1, 0.15) is 12.2 Å². The fourth-order valence-electron chi connectivity index (χ4n) is 2.32. The quantitative estimate of drug-likeness (QED) is 0.571. The van der Waals surface area contributed by atoms with Crippen molar-refractivity contribution in [3.63, 3.8) is 0 Å². The first kappa shape index (κ1) is 21.2. The van der Waals surface area contributed by atoms with E-state index in [4.69, 9.17) is 9.15 Å². The van der Waals surface area contributed by atoms with Gasteiger partial charge in [0.05, 0.1) is 31.1 Å². The Kier molecular flexibility index (Phi) is 8.05. The first-order valence-corrected chi connectivity index (χ1v) is 11.4. The molecule has 2 aromatic rings. The van der Waals surface area contributed by atoms with E-state index >= 15 is 0 Å². The first-order chi connectivity index (χ1) is 12.9. The molecule has 0 radical (unpaired) electrons. The highest BCUT2D eigenvalue weighted by molar-refractivity contribution is 7.98. The van der Waals surface area contributed by atoms with E-state index in [0.717, 1.165) is 34.2 Å². The molecule has 0 aliphatic rings. The van der Waals surface area contributed by atoms with Gasteiger partial charge >= 0.3 is 0 Å². The summed E-state index contributed by atoms with van der Waals surface area (Å²) in [5.74, 6) is 2.76. The van der Waals surface area contributed by atoms with Gasteiger partial charge in [0.15, 0.2) is 0 Å². The Hall–Kier alpha value is -2.13. The summed E-state index contributed by atoms with van der Waals surface area (Å²) < 4.78 is 35.6. The monoisotopic (exact) mass is 412 g/mol. The number of amides is 1. The molecule has 1 N–H and O–H groups in total. The van der Waals surface area contributed by atoms with Gasteiger partial charge in [-0.2, -0.15) is 11.8 Å². The molecule has 0 fully saturated rings. The Morgan fingerprint density at radius 2 is 2.11 bits per heavy atom. The maximum absolute atomic E-state index is 12.2. The molecule has 1 amide bonds. The fraction of sp³-hybridized carbons (Fsp3) is 0.389. The molecule has 0 unspecified atom stereocenters. The summed E-state index contributed by atoms with van der Waals surface area (Å²) in [4.78, 5) is 12.2. The summed E-state index contributed by atoms with van der Waals surface area (Å²) >= 11 is 1.72. The molecule has 1 aromatic heterocycles. The van der Waals surface area contributed by atoms with Crippen LogP contribution in [-0.4, -0.2) is 46.5 Å². The predicted molar refractivity (Wildman–Crippen MR) is 108 cm³/mol. The molecule has 0 bridgehead atoms. The third-order valence-corrected chi connectivity index (χ3v) is 5.85. The molecule has 0 spiro atoms. The lowest BCUT2D eigenvalue weighted by molar-refractivity contribution is -0.119. The molecule has 1 aromatic carbocycles. The zero-order valence-electron chi connectivity index (χ0n) is 15.4. The predicted octanol–water partition coefficient (Wildman–Crippen LogP) is 2.49. The molecule has 7 nitrogen and oxygen atoms in total. The summed E-state index contributed by atoms with van der Waals surface area (Å²) in [7, 11) is -2.10. The van der Waals surface area contributed by atoms with Crippen LogP contribution in [0.15, 0.2) is 47.1 Å². The second-order valence-corrected chi connectivity index (χ2v) is 8.82. The number of hydrogen-bond donors (Lipinski definition) is 1. The highest BCUT2D eigenvalue weighted by Gasteiger charge is 2.21. The van der Waals surface area contributed by atoms with Gasteiger partial charge in [0.2, 0.25) is 15.9 Å². The lowest BCUT2D eigenvalue weighted by Crippen LogP contribution is -2.40. The maximum Gasteiger partial charge on any atom is 0.240 e. The minimum Gasteiger partial charge on any atom is -0.497 e. The number of rotatable bonds is 11. The van der Waals surface area contributed by atoms with Gasteiger partial charge in [-0.1, -0.05) is 6.07 Å². The molecule has 0 saturated heterocycles. The number of sulfonamides is 1. The van der Waals surface area contributed by atoms with E-state index in [2.05, 4.69) is 5.32 Å². The Balaban J connectivity index is 1.80. The van der Waals surface area contributed by atoms with Crippen LogP contribution in [0.25, 0.3) is 0 Å². The van der Waals surface area contributed by atoms with Crippen molar-refractivity contribution in [1.82, 2.24) is 5.32 Å². The second-order valence-electron chi connectivity index (χ2n) is 5.81. The number of nitrogens with one attached hydrogen (secondary N) is 1. The average molecular weight is 413 g/mol. The van der Waals surface area contributed by atoms with Crippen molar-refractivity contribution in [3.8, 4) is 5.75 Å². The SMILES string of the molecule is COc1cccc(N(CC(=O)NCCCSCc2ccco2)S(C)(=O)=O)c1. The van der Waals surface area contributed by atoms with Crippen LogP contribution in [0.5, 0.6) is 5.75 Å². The fourth-order valence-corrected chi connectivity index (χ4v) is 4.03. The number of hydrogen-bond acceptors (Lipinski definition) is 6. The Bertz CT molecular complexity index is 822. The first-order valence-electron chi connectivity index (χ1n) is 8.39. The molecular weight excluding hydrogens is 388 g/mol. The van der Waals surface area contributed by atoms with E-state index in [1.165, 1.54) is 7.11 Å². The molecule has 9 heteroatoms. The van der Waals surface area contributed by atoms with E-state index in [-0.39, 0.29) is 12.5 Å². The second kappa shape index (κ2) is 10.3. The normalized spacial score (nSPS) is 11.2. The number of methoxy groups -OCH3 is 1. The minimum atomic E-state index is -3.60. The van der Waals surface area contributed by atoms with Crippen LogP contribution >= 0.6 is 11.8 Å². The van der Waals surface area contributed by atoms with Crippen LogP contribution in [0.4, 0.5) is 5.69 Å². The van der Waals surface area contributed by atoms with Gasteiger partial charge in [-0.05, 0) is 36.4 Å². The largest absolute Gasteiger partial charge is 0.497 e. The van der Waals surface area contributed by atoms with Gasteiger partial charge < -0.3 is 14.5 Å². The van der Waals surface area contributed by atoms with Gasteiger partial charge in [0.1, 0.15) is 18.1 Å². The third kappa shape index (κ3) is 7.18. The van der Waals surface area contributed by atoms with Crippen molar-refractivity contribution >= 4 is 33.4 Å². The van der Waals surface area contributed by atoms with E-state index in [1.54, 1.807) is 42.3 Å². The van der Waals surface area contributed by atoms with E-state index < -0.39 is 10.0 Å². The minimum absolute atomic E-state index is 0.272. The number of furan rings is 1. The summed E-state index contributed by atoms with van der Waals surface area (Å²) in [5.41, 5.74) is 0.390. The number of benzene rings is 1. The molecule has 0 saturated carbocycles. The molecule has 27 heavy (non-hydrogen) atoms. The molecule has 0 aliphatic carbocycles. The van der Waals surface area contributed by atoms with Crippen LogP contribution in [0.2, 0.25) is 0 Å². The van der Waals surface area contributed by atoms with Gasteiger partial charge in [-0.15, -0.1) is 0 Å². The van der Waals surface area contributed by atoms with E-state index in [1.807, 2.05) is 12.1 Å². The van der Waals surface area contributed by atoms with Gasteiger partial charge in [-0.25, -0.2) is 8.42 Å². The van der Waals surface area contributed by atoms with Crippen molar-refractivity contribution in [2.75, 3.05) is 36.5 Å². The molecule has 2 rings (SSSR count). The van der Waals surface area contributed by atoms with Gasteiger partial charge in [0.25, 0.3) is 0 Å². The molecule has 0 aliphatic heterocycles. The number of anilines is 1. The summed E-state index contributed by atoms with van der Waals surface area (Å²) in [6, 6.07) is 10.4. The zero-order valence-corrected chi connectivity index (χ0v) is 17.0. The van der Waals surface area contributed by atoms with Gasteiger partial charge in [-0.3, -0.25) is 9.10 Å². The standard InChI is InChI=1S/C18H24N2O5S2/c1-24-16-7-3-6-15(12-16)20(27(2,22)23)13-18(21)19-9-5-11-26-14-17-8-4-10-25-17/h3-4,6-8,10,12H,5,9,11,13-14H2,1-2H3,(H,19,21). The van der Waals surface area contributed by atoms with Crippen LogP contribution in [-0.2, 0) is 20.6 Å². The van der Waals surface area contributed by atoms with Crippen molar-refractivity contribution in [3.05, 3.63) is 48.4 Å². The third-order valence-electron chi connectivity index (χ3n) is 3.64. The van der Waals surface area contributed by atoms with Crippen LogP contribution in [0, 0.1) is 0 Å². The number of ether oxygens (including phenoxy) is 1. The lowest BCUT2D eigenvalue weighted by atomic mass is 10.3. The molecular formula is C18H24N2O5S2. The van der Waals surface area contributed by atoms with E-state index in [9.17, 15) is 13.2 Å². The zero-order chi connectivity index (χ0) is 19.7. The Labute approximate surface area is 164 Å². The Morgan fingerprint density at radius 3 is 2.78 bits per heavy atom. The van der Waals surface area contributed by atoms with Crippen LogP contribution in [0.3, 0.4) is 0 Å². The summed E-state index contributed by atoms with van der Waals surface area (Å²) in [6.45, 7) is 0.214. The lowest BCUT2D eigenvalue weighted by Gasteiger charge is -2.22. The number of nitrogens with zero attached hydrogens (tertiary/aromatic N) is 1. The van der Waals surface area contributed by atoms with E-state index in [0.29, 0.717) is 18.0 Å². The van der Waals surface area contributed by atoms with Crippen molar-refractivity contribution in [2.45, 2.75) is 12.2 Å². The molecule has 0 atom stereocenters. The number of thioether (sulfide) groups is 1. The highest BCUT2D eigenvalue weighted by Crippen LogP contribution is 2.22. The topological polar surface area (TPSA) is 88.8 Å².